The zero-order chi connectivity index (χ0) is 14.3. The molecule has 0 aliphatic carbocycles. The Hall–Kier alpha value is -0.830. The molecule has 0 aliphatic heterocycles. The Morgan fingerprint density at radius 2 is 1.68 bits per heavy atom. The Labute approximate surface area is 118 Å². The summed E-state index contributed by atoms with van der Waals surface area (Å²) in [7, 11) is 0. The largest absolute Gasteiger partial charge is 0.388 e. The molecule has 0 aliphatic rings. The van der Waals surface area contributed by atoms with Crippen molar-refractivity contribution in [1.82, 2.24) is 9.78 Å². The Balaban J connectivity index is 2.46. The molecule has 1 N–H and O–H groups in total. The number of hydrogen-bond acceptors (Lipinski definition) is 2. The van der Waals surface area contributed by atoms with Gasteiger partial charge in [0, 0.05) is 17.8 Å². The average Bonchev–Trinajstić information content (AvgIpc) is 2.68. The maximum absolute atomic E-state index is 10.0. The second kappa shape index (κ2) is 8.36. The van der Waals surface area contributed by atoms with Crippen molar-refractivity contribution < 1.29 is 5.11 Å². The Morgan fingerprint density at radius 1 is 1.05 bits per heavy atom. The molecule has 1 aromatic rings. The molecule has 0 bridgehead atoms. The summed E-state index contributed by atoms with van der Waals surface area (Å²) in [5.41, 5.74) is 3.16. The number of unbranched alkanes of at least 4 members (excludes halogenated alkanes) is 5. The number of aromatic nitrogens is 2. The van der Waals surface area contributed by atoms with Crippen molar-refractivity contribution in [1.29, 1.82) is 0 Å². The van der Waals surface area contributed by atoms with Crippen molar-refractivity contribution in [3.63, 3.8) is 0 Å². The first-order chi connectivity index (χ1) is 9.11. The molecule has 0 aromatic carbocycles. The fourth-order valence-electron chi connectivity index (χ4n) is 2.66. The molecule has 1 rings (SSSR count). The second-order valence-corrected chi connectivity index (χ2v) is 5.50. The number of hydrogen-bond donors (Lipinski definition) is 1. The third-order valence-corrected chi connectivity index (χ3v) is 3.88. The summed E-state index contributed by atoms with van der Waals surface area (Å²) >= 11 is 0. The molecule has 0 spiro atoms. The van der Waals surface area contributed by atoms with E-state index in [0.29, 0.717) is 0 Å². The standard InChI is InChI=1S/C16H30N2O/c1-5-7-8-9-10-11-12-18-14(4)16(13(3)17-18)15(19)6-2/h15,19H,5-12H2,1-4H3. The van der Waals surface area contributed by atoms with Gasteiger partial charge >= 0.3 is 0 Å². The van der Waals surface area contributed by atoms with Crippen molar-refractivity contribution in [2.75, 3.05) is 0 Å². The van der Waals surface area contributed by atoms with Gasteiger partial charge in [-0.25, -0.2) is 0 Å². The van der Waals surface area contributed by atoms with Crippen LogP contribution in [0.25, 0.3) is 0 Å². The average molecular weight is 266 g/mol. The van der Waals surface area contributed by atoms with Crippen LogP contribution in [-0.4, -0.2) is 14.9 Å². The third-order valence-electron chi connectivity index (χ3n) is 3.88. The van der Waals surface area contributed by atoms with E-state index in [-0.39, 0.29) is 6.10 Å². The van der Waals surface area contributed by atoms with Crippen molar-refractivity contribution in [2.45, 2.75) is 85.3 Å². The molecule has 0 saturated carbocycles. The Kier molecular flexibility index (Phi) is 7.14. The van der Waals surface area contributed by atoms with Gasteiger partial charge in [0.1, 0.15) is 0 Å². The van der Waals surface area contributed by atoms with Crippen molar-refractivity contribution in [2.24, 2.45) is 0 Å². The fraction of sp³-hybridized carbons (Fsp3) is 0.812. The molecule has 1 unspecified atom stereocenters. The molecule has 0 fully saturated rings. The summed E-state index contributed by atoms with van der Waals surface area (Å²) in [5.74, 6) is 0. The lowest BCUT2D eigenvalue weighted by atomic mass is 10.1. The highest BCUT2D eigenvalue weighted by Gasteiger charge is 2.17. The van der Waals surface area contributed by atoms with Gasteiger partial charge in [0.25, 0.3) is 0 Å². The van der Waals surface area contributed by atoms with E-state index in [1.54, 1.807) is 0 Å². The predicted octanol–water partition coefficient (Wildman–Crippen LogP) is 4.30. The highest BCUT2D eigenvalue weighted by atomic mass is 16.3. The molecule has 0 saturated heterocycles. The predicted molar refractivity (Wildman–Crippen MR) is 80.3 cm³/mol. The van der Waals surface area contributed by atoms with Crippen LogP contribution in [0.3, 0.4) is 0 Å². The van der Waals surface area contributed by atoms with E-state index in [4.69, 9.17) is 0 Å². The molecule has 3 heteroatoms. The summed E-state index contributed by atoms with van der Waals surface area (Å²) in [5, 5.41) is 14.6. The van der Waals surface area contributed by atoms with Gasteiger partial charge in [-0.15, -0.1) is 0 Å². The van der Waals surface area contributed by atoms with Crippen molar-refractivity contribution in [3.8, 4) is 0 Å². The maximum Gasteiger partial charge on any atom is 0.0823 e. The van der Waals surface area contributed by atoms with Crippen LogP contribution in [0.4, 0.5) is 0 Å². The van der Waals surface area contributed by atoms with E-state index in [1.807, 2.05) is 13.8 Å². The van der Waals surface area contributed by atoms with E-state index in [0.717, 1.165) is 29.9 Å². The summed E-state index contributed by atoms with van der Waals surface area (Å²) in [6, 6.07) is 0. The van der Waals surface area contributed by atoms with Crippen LogP contribution in [0, 0.1) is 13.8 Å². The number of aliphatic hydroxyl groups excluding tert-OH is 1. The first kappa shape index (κ1) is 16.2. The van der Waals surface area contributed by atoms with Crippen LogP contribution in [0.5, 0.6) is 0 Å². The monoisotopic (exact) mass is 266 g/mol. The van der Waals surface area contributed by atoms with Crippen LogP contribution < -0.4 is 0 Å². The second-order valence-electron chi connectivity index (χ2n) is 5.50. The summed E-state index contributed by atoms with van der Waals surface area (Å²) < 4.78 is 2.07. The smallest absolute Gasteiger partial charge is 0.0823 e. The van der Waals surface area contributed by atoms with Crippen molar-refractivity contribution in [3.05, 3.63) is 17.0 Å². The van der Waals surface area contributed by atoms with Crippen LogP contribution >= 0.6 is 0 Å². The number of aryl methyl sites for hydroxylation is 2. The highest BCUT2D eigenvalue weighted by molar-refractivity contribution is 5.26. The number of nitrogens with zero attached hydrogens (tertiary/aromatic N) is 2. The molecule has 0 radical (unpaired) electrons. The molecule has 1 atom stereocenters. The maximum atomic E-state index is 10.0. The zero-order valence-corrected chi connectivity index (χ0v) is 13.1. The molecule has 1 aromatic heterocycles. The Bertz CT molecular complexity index is 371. The van der Waals surface area contributed by atoms with E-state index in [9.17, 15) is 5.11 Å². The quantitative estimate of drug-likeness (QED) is 0.677. The third kappa shape index (κ3) is 4.64. The summed E-state index contributed by atoms with van der Waals surface area (Å²) in [6.07, 6.45) is 8.20. The van der Waals surface area contributed by atoms with Crippen LogP contribution in [0.2, 0.25) is 0 Å². The van der Waals surface area contributed by atoms with Gasteiger partial charge in [-0.2, -0.15) is 5.10 Å². The van der Waals surface area contributed by atoms with E-state index >= 15 is 0 Å². The van der Waals surface area contributed by atoms with Gasteiger partial charge in [0.2, 0.25) is 0 Å². The molecule has 0 amide bonds. The SMILES string of the molecule is CCCCCCCCn1nc(C)c(C(O)CC)c1C. The van der Waals surface area contributed by atoms with Crippen LogP contribution in [0.1, 0.15) is 81.8 Å². The minimum Gasteiger partial charge on any atom is -0.388 e. The van der Waals surface area contributed by atoms with Gasteiger partial charge < -0.3 is 5.11 Å². The highest BCUT2D eigenvalue weighted by Crippen LogP contribution is 2.24. The molecule has 3 nitrogen and oxygen atoms in total. The van der Waals surface area contributed by atoms with Gasteiger partial charge in [-0.3, -0.25) is 4.68 Å². The molecular formula is C16H30N2O. The van der Waals surface area contributed by atoms with Gasteiger partial charge in [-0.1, -0.05) is 46.0 Å². The lowest BCUT2D eigenvalue weighted by Gasteiger charge is -2.09. The minimum absolute atomic E-state index is 0.363. The number of aliphatic hydroxyl groups is 1. The van der Waals surface area contributed by atoms with Crippen LogP contribution in [-0.2, 0) is 6.54 Å². The molecule has 110 valence electrons. The zero-order valence-electron chi connectivity index (χ0n) is 13.1. The van der Waals surface area contributed by atoms with Crippen LogP contribution in [0.15, 0.2) is 0 Å². The normalized spacial score (nSPS) is 12.9. The van der Waals surface area contributed by atoms with Crippen molar-refractivity contribution >= 4 is 0 Å². The van der Waals surface area contributed by atoms with Gasteiger partial charge in [-0.05, 0) is 26.7 Å². The molecule has 19 heavy (non-hydrogen) atoms. The topological polar surface area (TPSA) is 38.0 Å². The fourth-order valence-corrected chi connectivity index (χ4v) is 2.66. The lowest BCUT2D eigenvalue weighted by molar-refractivity contribution is 0.172. The first-order valence-electron chi connectivity index (χ1n) is 7.83. The Morgan fingerprint density at radius 3 is 2.32 bits per heavy atom. The molecule has 1 heterocycles. The van der Waals surface area contributed by atoms with Gasteiger partial charge in [0.15, 0.2) is 0 Å². The lowest BCUT2D eigenvalue weighted by Crippen LogP contribution is -2.04. The van der Waals surface area contributed by atoms with E-state index in [1.165, 1.54) is 38.5 Å². The summed E-state index contributed by atoms with van der Waals surface area (Å²) in [4.78, 5) is 0. The first-order valence-corrected chi connectivity index (χ1v) is 7.83. The number of rotatable bonds is 9. The molecular weight excluding hydrogens is 236 g/mol. The van der Waals surface area contributed by atoms with Gasteiger partial charge in [0.05, 0.1) is 11.8 Å². The minimum atomic E-state index is -0.363. The van der Waals surface area contributed by atoms with E-state index in [2.05, 4.69) is 23.6 Å². The van der Waals surface area contributed by atoms with E-state index < -0.39 is 0 Å². The summed E-state index contributed by atoms with van der Waals surface area (Å²) in [6.45, 7) is 9.31.